The van der Waals surface area contributed by atoms with Gasteiger partial charge in [0.2, 0.25) is 0 Å². The highest BCUT2D eigenvalue weighted by Crippen LogP contribution is 2.22. The fourth-order valence-corrected chi connectivity index (χ4v) is 1.82. The number of hydroxylamine groups is 2. The Bertz CT molecular complexity index is 684. The molecule has 2 amide bonds. The number of nitrogens with zero attached hydrogens (tertiary/aromatic N) is 1. The third kappa shape index (κ3) is 4.82. The van der Waals surface area contributed by atoms with Crippen LogP contribution < -0.4 is 10.5 Å². The van der Waals surface area contributed by atoms with Gasteiger partial charge in [0.15, 0.2) is 0 Å². The highest BCUT2D eigenvalue weighted by atomic mass is 19.1. The molecule has 6 heteroatoms. The largest absolute Gasteiger partial charge is 0.457 e. The van der Waals surface area contributed by atoms with E-state index in [0.29, 0.717) is 16.6 Å². The van der Waals surface area contributed by atoms with Gasteiger partial charge in [0.25, 0.3) is 0 Å². The second-order valence-electron chi connectivity index (χ2n) is 4.91. The zero-order chi connectivity index (χ0) is 16.8. The topological polar surface area (TPSA) is 75.8 Å². The zero-order valence-electron chi connectivity index (χ0n) is 12.5. The number of ether oxygens (including phenoxy) is 1. The van der Waals surface area contributed by atoms with Crippen LogP contribution in [0.5, 0.6) is 11.5 Å². The van der Waals surface area contributed by atoms with Crippen molar-refractivity contribution < 1.29 is 19.1 Å². The molecule has 0 aromatic heterocycles. The first-order valence-corrected chi connectivity index (χ1v) is 6.95. The van der Waals surface area contributed by atoms with Crippen LogP contribution in [-0.4, -0.2) is 22.3 Å². The summed E-state index contributed by atoms with van der Waals surface area (Å²) >= 11 is 0. The maximum absolute atomic E-state index is 12.8. The van der Waals surface area contributed by atoms with E-state index in [-0.39, 0.29) is 5.82 Å². The summed E-state index contributed by atoms with van der Waals surface area (Å²) in [5, 5.41) is 9.81. The Balaban J connectivity index is 1.99. The van der Waals surface area contributed by atoms with E-state index >= 15 is 0 Å². The molecule has 0 heterocycles. The van der Waals surface area contributed by atoms with Crippen molar-refractivity contribution in [1.29, 1.82) is 0 Å². The van der Waals surface area contributed by atoms with Gasteiger partial charge < -0.3 is 10.5 Å². The fourth-order valence-electron chi connectivity index (χ4n) is 1.82. The van der Waals surface area contributed by atoms with Crippen LogP contribution in [0.2, 0.25) is 0 Å². The number of urea groups is 1. The van der Waals surface area contributed by atoms with Gasteiger partial charge in [-0.25, -0.2) is 9.18 Å². The molecule has 0 aliphatic rings. The molecular weight excluding hydrogens is 299 g/mol. The number of halogens is 1. The van der Waals surface area contributed by atoms with Gasteiger partial charge in [-0.1, -0.05) is 24.3 Å². The monoisotopic (exact) mass is 316 g/mol. The second-order valence-corrected chi connectivity index (χ2v) is 4.91. The fraction of sp³-hybridized carbons (Fsp3) is 0.118. The van der Waals surface area contributed by atoms with Crippen molar-refractivity contribution in [1.82, 2.24) is 5.06 Å². The Morgan fingerprint density at radius 1 is 1.17 bits per heavy atom. The number of rotatable bonds is 5. The summed E-state index contributed by atoms with van der Waals surface area (Å²) in [6.45, 7) is 1.63. The number of hydrogen-bond acceptors (Lipinski definition) is 3. The summed E-state index contributed by atoms with van der Waals surface area (Å²) in [5.41, 5.74) is 5.83. The van der Waals surface area contributed by atoms with Crippen LogP contribution in [-0.2, 0) is 0 Å². The lowest BCUT2D eigenvalue weighted by Crippen LogP contribution is -2.38. The Kier molecular flexibility index (Phi) is 5.32. The average molecular weight is 316 g/mol. The van der Waals surface area contributed by atoms with Crippen LogP contribution in [0.4, 0.5) is 9.18 Å². The maximum Gasteiger partial charge on any atom is 0.339 e. The van der Waals surface area contributed by atoms with Gasteiger partial charge in [-0.2, -0.15) is 5.06 Å². The van der Waals surface area contributed by atoms with E-state index in [1.54, 1.807) is 43.3 Å². The minimum absolute atomic E-state index is 0.319. The van der Waals surface area contributed by atoms with Crippen molar-refractivity contribution >= 4 is 12.1 Å². The van der Waals surface area contributed by atoms with Crippen molar-refractivity contribution in [3.8, 4) is 11.5 Å². The van der Waals surface area contributed by atoms with Crippen LogP contribution >= 0.6 is 0 Å². The Morgan fingerprint density at radius 2 is 1.70 bits per heavy atom. The summed E-state index contributed by atoms with van der Waals surface area (Å²) in [5.74, 6) is 0.837. The molecule has 5 nitrogen and oxygen atoms in total. The van der Waals surface area contributed by atoms with E-state index in [1.807, 2.05) is 12.1 Å². The average Bonchev–Trinajstić information content (AvgIpc) is 2.55. The molecule has 0 bridgehead atoms. The molecule has 0 aliphatic heterocycles. The summed E-state index contributed by atoms with van der Waals surface area (Å²) < 4.78 is 18.4. The molecular formula is C17H17FN2O3. The lowest BCUT2D eigenvalue weighted by atomic mass is 10.1. The number of primary amides is 1. The molecule has 0 saturated carbocycles. The molecule has 1 unspecified atom stereocenters. The lowest BCUT2D eigenvalue weighted by Gasteiger charge is -2.16. The Hall–Kier alpha value is -2.86. The Labute approximate surface area is 133 Å². The summed E-state index contributed by atoms with van der Waals surface area (Å²) in [4.78, 5) is 10.8. The lowest BCUT2D eigenvalue weighted by molar-refractivity contribution is -0.0560. The van der Waals surface area contributed by atoms with E-state index in [2.05, 4.69) is 0 Å². The van der Waals surface area contributed by atoms with E-state index in [0.717, 1.165) is 5.56 Å². The van der Waals surface area contributed by atoms with E-state index in [4.69, 9.17) is 10.5 Å². The standard InChI is InChI=1S/C17H17FN2O3/c1-12(20(22)17(19)21)2-3-13-4-8-15(9-5-13)23-16-10-6-14(18)7-11-16/h2-12,22H,1H3,(H2,19,21). The smallest absolute Gasteiger partial charge is 0.339 e. The molecule has 2 aromatic carbocycles. The first-order chi connectivity index (χ1) is 11.0. The number of hydrogen-bond donors (Lipinski definition) is 2. The van der Waals surface area contributed by atoms with E-state index in [1.165, 1.54) is 12.1 Å². The van der Waals surface area contributed by atoms with Gasteiger partial charge in [0, 0.05) is 0 Å². The second kappa shape index (κ2) is 7.42. The minimum Gasteiger partial charge on any atom is -0.457 e. The van der Waals surface area contributed by atoms with Crippen molar-refractivity contribution in [2.75, 3.05) is 0 Å². The summed E-state index contributed by atoms with van der Waals surface area (Å²) in [6, 6.07) is 11.4. The van der Waals surface area contributed by atoms with Crippen molar-refractivity contribution in [2.24, 2.45) is 5.73 Å². The summed E-state index contributed by atoms with van der Waals surface area (Å²) in [7, 11) is 0. The van der Waals surface area contributed by atoms with Gasteiger partial charge in [-0.3, -0.25) is 5.21 Å². The number of nitrogens with two attached hydrogens (primary N) is 1. The normalized spacial score (nSPS) is 12.1. The molecule has 0 saturated heterocycles. The highest BCUT2D eigenvalue weighted by molar-refractivity contribution is 5.71. The van der Waals surface area contributed by atoms with Crippen LogP contribution in [0.1, 0.15) is 12.5 Å². The summed E-state index contributed by atoms with van der Waals surface area (Å²) in [6.07, 6.45) is 3.39. The van der Waals surface area contributed by atoms with Crippen LogP contribution in [0.15, 0.2) is 54.6 Å². The quantitative estimate of drug-likeness (QED) is 0.651. The zero-order valence-corrected chi connectivity index (χ0v) is 12.5. The van der Waals surface area contributed by atoms with Gasteiger partial charge in [0.1, 0.15) is 17.3 Å². The molecule has 3 N–H and O–H groups in total. The molecule has 0 aliphatic carbocycles. The number of carbonyl (C=O) groups is 1. The molecule has 1 atom stereocenters. The van der Waals surface area contributed by atoms with Gasteiger partial charge in [-0.05, 0) is 48.9 Å². The van der Waals surface area contributed by atoms with Crippen LogP contribution in [0.3, 0.4) is 0 Å². The molecule has 0 fully saturated rings. The van der Waals surface area contributed by atoms with Crippen molar-refractivity contribution in [3.63, 3.8) is 0 Å². The first-order valence-electron chi connectivity index (χ1n) is 6.95. The molecule has 120 valence electrons. The SMILES string of the molecule is CC(C=Cc1ccc(Oc2ccc(F)cc2)cc1)N(O)C(N)=O. The minimum atomic E-state index is -0.912. The van der Waals surface area contributed by atoms with Gasteiger partial charge in [0.05, 0.1) is 6.04 Å². The van der Waals surface area contributed by atoms with Gasteiger partial charge >= 0.3 is 6.03 Å². The molecule has 2 rings (SSSR count). The first kappa shape index (κ1) is 16.5. The molecule has 2 aromatic rings. The number of amides is 2. The van der Waals surface area contributed by atoms with Crippen LogP contribution in [0.25, 0.3) is 6.08 Å². The highest BCUT2D eigenvalue weighted by Gasteiger charge is 2.11. The predicted molar refractivity (Wildman–Crippen MR) is 84.6 cm³/mol. The van der Waals surface area contributed by atoms with Crippen molar-refractivity contribution in [2.45, 2.75) is 13.0 Å². The predicted octanol–water partition coefficient (Wildman–Crippen LogP) is 3.79. The van der Waals surface area contributed by atoms with Crippen LogP contribution in [0, 0.1) is 5.82 Å². The number of carbonyl (C=O) groups excluding carboxylic acids is 1. The Morgan fingerprint density at radius 3 is 2.22 bits per heavy atom. The van der Waals surface area contributed by atoms with E-state index < -0.39 is 12.1 Å². The van der Waals surface area contributed by atoms with Crippen molar-refractivity contribution in [3.05, 3.63) is 66.0 Å². The third-order valence-corrected chi connectivity index (χ3v) is 3.11. The van der Waals surface area contributed by atoms with Gasteiger partial charge in [-0.15, -0.1) is 0 Å². The molecule has 0 spiro atoms. The van der Waals surface area contributed by atoms with E-state index in [9.17, 15) is 14.4 Å². The number of benzene rings is 2. The molecule has 23 heavy (non-hydrogen) atoms. The molecule has 0 radical (unpaired) electrons. The third-order valence-electron chi connectivity index (χ3n) is 3.11. The maximum atomic E-state index is 12.8.